The van der Waals surface area contributed by atoms with E-state index in [2.05, 4.69) is 20.3 Å². The molecule has 118 valence electrons. The van der Waals surface area contributed by atoms with Gasteiger partial charge in [-0.15, -0.1) is 0 Å². The van der Waals surface area contributed by atoms with Crippen molar-refractivity contribution in [2.24, 2.45) is 7.05 Å². The summed E-state index contributed by atoms with van der Waals surface area (Å²) >= 11 is 0. The Kier molecular flexibility index (Phi) is 4.32. The van der Waals surface area contributed by atoms with Crippen LogP contribution in [0.1, 0.15) is 30.9 Å². The second-order valence-corrected chi connectivity index (χ2v) is 5.50. The molecule has 23 heavy (non-hydrogen) atoms. The lowest BCUT2D eigenvalue weighted by Crippen LogP contribution is -2.28. The third-order valence-corrected chi connectivity index (χ3v) is 3.81. The molecule has 0 aliphatic heterocycles. The van der Waals surface area contributed by atoms with Gasteiger partial charge >= 0.3 is 0 Å². The van der Waals surface area contributed by atoms with Crippen molar-refractivity contribution in [2.75, 3.05) is 0 Å². The summed E-state index contributed by atoms with van der Waals surface area (Å²) in [4.78, 5) is 24.9. The number of imidazole rings is 1. The van der Waals surface area contributed by atoms with Gasteiger partial charge in [0.15, 0.2) is 0 Å². The summed E-state index contributed by atoms with van der Waals surface area (Å²) in [7, 11) is 1.97. The first-order valence-corrected chi connectivity index (χ1v) is 7.61. The minimum atomic E-state index is -0.151. The lowest BCUT2D eigenvalue weighted by Gasteiger charge is -2.13. The van der Waals surface area contributed by atoms with Crippen molar-refractivity contribution in [3.05, 3.63) is 54.4 Å². The van der Waals surface area contributed by atoms with Gasteiger partial charge in [0.1, 0.15) is 5.82 Å². The molecule has 0 saturated carbocycles. The zero-order valence-electron chi connectivity index (χ0n) is 13.2. The Balaban J connectivity index is 1.64. The Labute approximate surface area is 134 Å². The minimum Gasteiger partial charge on any atom is -0.346 e. The molecule has 0 radical (unpaired) electrons. The number of para-hydroxylation sites is 2. The van der Waals surface area contributed by atoms with Gasteiger partial charge in [0.25, 0.3) is 0 Å². The molecule has 0 saturated heterocycles. The fraction of sp³-hybridized carbons (Fsp3) is 0.294. The molecule has 3 rings (SSSR count). The van der Waals surface area contributed by atoms with Gasteiger partial charge in [0.2, 0.25) is 5.91 Å². The van der Waals surface area contributed by atoms with Gasteiger partial charge in [-0.2, -0.15) is 0 Å². The number of rotatable bonds is 5. The van der Waals surface area contributed by atoms with Gasteiger partial charge in [0.05, 0.1) is 22.8 Å². The van der Waals surface area contributed by atoms with Crippen LogP contribution in [0.25, 0.3) is 11.0 Å². The highest BCUT2D eigenvalue weighted by molar-refractivity contribution is 5.78. The van der Waals surface area contributed by atoms with Crippen LogP contribution >= 0.6 is 0 Å². The third-order valence-electron chi connectivity index (χ3n) is 3.81. The molecule has 0 spiro atoms. The molecule has 0 fully saturated rings. The number of hydrogen-bond donors (Lipinski definition) is 1. The molecule has 0 aliphatic rings. The van der Waals surface area contributed by atoms with Crippen molar-refractivity contribution >= 4 is 16.9 Å². The molecule has 1 N–H and O–H groups in total. The second kappa shape index (κ2) is 6.56. The number of amides is 1. The molecular formula is C17H19N5O. The van der Waals surface area contributed by atoms with Crippen molar-refractivity contribution in [1.82, 2.24) is 24.8 Å². The van der Waals surface area contributed by atoms with Gasteiger partial charge < -0.3 is 9.88 Å². The van der Waals surface area contributed by atoms with Crippen LogP contribution in [0.4, 0.5) is 0 Å². The van der Waals surface area contributed by atoms with E-state index >= 15 is 0 Å². The van der Waals surface area contributed by atoms with E-state index in [-0.39, 0.29) is 11.9 Å². The molecule has 1 amide bonds. The zero-order chi connectivity index (χ0) is 16.2. The molecule has 0 bridgehead atoms. The quantitative estimate of drug-likeness (QED) is 0.784. The van der Waals surface area contributed by atoms with E-state index < -0.39 is 0 Å². The van der Waals surface area contributed by atoms with Crippen LogP contribution in [0.5, 0.6) is 0 Å². The molecule has 1 atom stereocenters. The molecule has 1 aromatic carbocycles. The normalized spacial score (nSPS) is 12.3. The van der Waals surface area contributed by atoms with Crippen LogP contribution in [-0.2, 0) is 18.3 Å². The number of aromatic nitrogens is 4. The topological polar surface area (TPSA) is 72.7 Å². The summed E-state index contributed by atoms with van der Waals surface area (Å²) in [6.07, 6.45) is 5.90. The van der Waals surface area contributed by atoms with Crippen molar-refractivity contribution in [3.63, 3.8) is 0 Å². The summed E-state index contributed by atoms with van der Waals surface area (Å²) in [5, 5.41) is 3.00. The van der Waals surface area contributed by atoms with Crippen LogP contribution in [-0.4, -0.2) is 25.4 Å². The minimum absolute atomic E-state index is 0.0183. The van der Waals surface area contributed by atoms with Crippen LogP contribution < -0.4 is 5.32 Å². The number of hydrogen-bond acceptors (Lipinski definition) is 4. The first-order chi connectivity index (χ1) is 11.1. The third kappa shape index (κ3) is 3.36. The average Bonchev–Trinajstić information content (AvgIpc) is 2.91. The van der Waals surface area contributed by atoms with Gasteiger partial charge in [-0.25, -0.2) is 4.98 Å². The van der Waals surface area contributed by atoms with E-state index in [0.717, 1.165) is 22.6 Å². The maximum atomic E-state index is 12.1. The predicted molar refractivity (Wildman–Crippen MR) is 87.6 cm³/mol. The van der Waals surface area contributed by atoms with Crippen molar-refractivity contribution in [1.29, 1.82) is 0 Å². The van der Waals surface area contributed by atoms with Gasteiger partial charge in [-0.3, -0.25) is 14.8 Å². The highest BCUT2D eigenvalue weighted by atomic mass is 16.1. The van der Waals surface area contributed by atoms with E-state index in [0.29, 0.717) is 12.8 Å². The molecule has 2 heterocycles. The molecule has 3 aromatic rings. The maximum absolute atomic E-state index is 12.1. The van der Waals surface area contributed by atoms with Crippen LogP contribution in [0.3, 0.4) is 0 Å². The van der Waals surface area contributed by atoms with E-state index in [1.54, 1.807) is 18.6 Å². The highest BCUT2D eigenvalue weighted by Crippen LogP contribution is 2.19. The van der Waals surface area contributed by atoms with Gasteiger partial charge in [-0.1, -0.05) is 12.1 Å². The molecular weight excluding hydrogens is 290 g/mol. The monoisotopic (exact) mass is 309 g/mol. The van der Waals surface area contributed by atoms with E-state index in [1.165, 1.54) is 0 Å². The Bertz CT molecular complexity index is 812. The average molecular weight is 309 g/mol. The van der Waals surface area contributed by atoms with Crippen molar-refractivity contribution in [3.8, 4) is 0 Å². The number of benzene rings is 1. The van der Waals surface area contributed by atoms with Gasteiger partial charge in [-0.05, 0) is 25.5 Å². The summed E-state index contributed by atoms with van der Waals surface area (Å²) in [6, 6.07) is 7.79. The summed E-state index contributed by atoms with van der Waals surface area (Å²) in [5.74, 6) is 0.828. The number of fused-ring (bicyclic) bond motifs is 1. The van der Waals surface area contributed by atoms with E-state index in [4.69, 9.17) is 0 Å². The molecule has 6 nitrogen and oxygen atoms in total. The number of nitrogens with zero attached hydrogens (tertiary/aromatic N) is 4. The lowest BCUT2D eigenvalue weighted by atomic mass is 10.2. The van der Waals surface area contributed by atoms with E-state index in [9.17, 15) is 4.79 Å². The summed E-state index contributed by atoms with van der Waals surface area (Å²) in [6.45, 7) is 1.95. The van der Waals surface area contributed by atoms with Gasteiger partial charge in [0, 0.05) is 32.1 Å². The smallest absolute Gasteiger partial charge is 0.220 e. The number of carbonyl (C=O) groups is 1. The second-order valence-electron chi connectivity index (χ2n) is 5.50. The standard InChI is InChI=1S/C17H19N5O/c1-12(17-21-14-5-3-4-6-15(14)22(17)2)20-16(23)8-7-13-11-18-9-10-19-13/h3-6,9-12H,7-8H2,1-2H3,(H,20,23). The first kappa shape index (κ1) is 15.1. The first-order valence-electron chi connectivity index (χ1n) is 7.61. The maximum Gasteiger partial charge on any atom is 0.220 e. The van der Waals surface area contributed by atoms with E-state index in [1.807, 2.05) is 42.8 Å². The Morgan fingerprint density at radius 3 is 2.87 bits per heavy atom. The SMILES string of the molecule is CC(NC(=O)CCc1cnccn1)c1nc2ccccc2n1C. The number of nitrogens with one attached hydrogen (secondary N) is 1. The highest BCUT2D eigenvalue weighted by Gasteiger charge is 2.16. The summed E-state index contributed by atoms with van der Waals surface area (Å²) < 4.78 is 2.02. The largest absolute Gasteiger partial charge is 0.346 e. The molecule has 1 unspecified atom stereocenters. The van der Waals surface area contributed by atoms with Crippen LogP contribution in [0.2, 0.25) is 0 Å². The lowest BCUT2D eigenvalue weighted by molar-refractivity contribution is -0.121. The van der Waals surface area contributed by atoms with Crippen LogP contribution in [0, 0.1) is 0 Å². The fourth-order valence-electron chi connectivity index (χ4n) is 2.63. The summed E-state index contributed by atoms with van der Waals surface area (Å²) in [5.41, 5.74) is 2.81. The Morgan fingerprint density at radius 1 is 1.30 bits per heavy atom. The molecule has 6 heteroatoms. The zero-order valence-corrected chi connectivity index (χ0v) is 13.2. The van der Waals surface area contributed by atoms with Crippen molar-refractivity contribution in [2.45, 2.75) is 25.8 Å². The van der Waals surface area contributed by atoms with Crippen LogP contribution in [0.15, 0.2) is 42.9 Å². The predicted octanol–water partition coefficient (Wildman–Crippen LogP) is 2.17. The Hall–Kier alpha value is -2.76. The number of carbonyl (C=O) groups excluding carboxylic acids is 1. The van der Waals surface area contributed by atoms with Crippen molar-refractivity contribution < 1.29 is 4.79 Å². The fourth-order valence-corrected chi connectivity index (χ4v) is 2.63. The molecule has 2 aromatic heterocycles. The Morgan fingerprint density at radius 2 is 2.13 bits per heavy atom. The molecule has 0 aliphatic carbocycles. The number of aryl methyl sites for hydroxylation is 2.